The molecular formula is C29H29F4N5O5S. The number of benzene rings is 2. The SMILES string of the molecule is COc1ccc(CN(c2ccncn2)S(=O)(=O)c2cc(F)c(O[C@H]3CC(F)(F)CC[C@@H]3c3ccnn3C)cc2F)c(OC)c1. The fraction of sp³-hybridized carbons (Fsp3) is 0.345. The molecule has 1 fully saturated rings. The molecule has 0 N–H and O–H groups in total. The van der Waals surface area contributed by atoms with Gasteiger partial charge in [0.15, 0.2) is 11.6 Å². The number of ether oxygens (including phenoxy) is 3. The van der Waals surface area contributed by atoms with Crippen LogP contribution in [-0.2, 0) is 23.6 Å². The van der Waals surface area contributed by atoms with Crippen molar-refractivity contribution in [2.75, 3.05) is 18.5 Å². The molecule has 2 heterocycles. The number of anilines is 1. The fourth-order valence-corrected chi connectivity index (χ4v) is 6.70. The van der Waals surface area contributed by atoms with E-state index in [0.29, 0.717) is 29.1 Å². The van der Waals surface area contributed by atoms with Crippen molar-refractivity contribution in [2.24, 2.45) is 7.05 Å². The van der Waals surface area contributed by atoms with Crippen molar-refractivity contribution in [2.45, 2.75) is 48.6 Å². The zero-order valence-electron chi connectivity index (χ0n) is 24.0. The van der Waals surface area contributed by atoms with Gasteiger partial charge in [0.2, 0.25) is 0 Å². The summed E-state index contributed by atoms with van der Waals surface area (Å²) in [6.45, 7) is -0.380. The maximum Gasteiger partial charge on any atom is 0.268 e. The van der Waals surface area contributed by atoms with Crippen LogP contribution in [0.1, 0.15) is 36.4 Å². The van der Waals surface area contributed by atoms with E-state index in [9.17, 15) is 17.2 Å². The van der Waals surface area contributed by atoms with Crippen molar-refractivity contribution >= 4 is 15.8 Å². The molecule has 5 rings (SSSR count). The minimum absolute atomic E-state index is 0.0243. The lowest BCUT2D eigenvalue weighted by Gasteiger charge is -2.36. The second kappa shape index (κ2) is 12.3. The maximum absolute atomic E-state index is 15.6. The molecular weight excluding hydrogens is 606 g/mol. The summed E-state index contributed by atoms with van der Waals surface area (Å²) in [6.07, 6.45) is 1.55. The predicted molar refractivity (Wildman–Crippen MR) is 150 cm³/mol. The Balaban J connectivity index is 1.50. The van der Waals surface area contributed by atoms with Gasteiger partial charge >= 0.3 is 0 Å². The number of halogens is 4. The topological polar surface area (TPSA) is 109 Å². The Bertz CT molecular complexity index is 1740. The van der Waals surface area contributed by atoms with E-state index in [1.165, 1.54) is 37.4 Å². The van der Waals surface area contributed by atoms with Crippen LogP contribution in [0.25, 0.3) is 0 Å². The number of aromatic nitrogens is 4. The van der Waals surface area contributed by atoms with E-state index < -0.39 is 63.1 Å². The van der Waals surface area contributed by atoms with Gasteiger partial charge in [0.1, 0.15) is 40.5 Å². The number of sulfonamides is 1. The van der Waals surface area contributed by atoms with Gasteiger partial charge in [-0.2, -0.15) is 5.10 Å². The summed E-state index contributed by atoms with van der Waals surface area (Å²) in [7, 11) is -0.330. The van der Waals surface area contributed by atoms with Crippen LogP contribution in [0.5, 0.6) is 17.2 Å². The third-order valence-corrected chi connectivity index (χ3v) is 9.24. The van der Waals surface area contributed by atoms with Crippen molar-refractivity contribution in [3.63, 3.8) is 0 Å². The van der Waals surface area contributed by atoms with Crippen LogP contribution < -0.4 is 18.5 Å². The van der Waals surface area contributed by atoms with Gasteiger partial charge in [-0.05, 0) is 24.6 Å². The highest BCUT2D eigenvalue weighted by molar-refractivity contribution is 7.92. The molecule has 2 aromatic carbocycles. The van der Waals surface area contributed by atoms with E-state index in [0.717, 1.165) is 10.6 Å². The van der Waals surface area contributed by atoms with Crippen LogP contribution in [0.3, 0.4) is 0 Å². The number of alkyl halides is 2. The molecule has 15 heteroatoms. The Morgan fingerprint density at radius 1 is 1.02 bits per heavy atom. The summed E-state index contributed by atoms with van der Waals surface area (Å²) < 4.78 is 106. The Morgan fingerprint density at radius 2 is 1.82 bits per heavy atom. The first kappa shape index (κ1) is 31.0. The second-order valence-corrected chi connectivity index (χ2v) is 12.0. The van der Waals surface area contributed by atoms with Crippen LogP contribution in [0, 0.1) is 11.6 Å². The molecule has 0 saturated heterocycles. The summed E-state index contributed by atoms with van der Waals surface area (Å²) in [6, 6.07) is 8.66. The lowest BCUT2D eigenvalue weighted by Crippen LogP contribution is -2.39. The van der Waals surface area contributed by atoms with E-state index in [2.05, 4.69) is 15.1 Å². The van der Waals surface area contributed by atoms with Crippen LogP contribution in [0.2, 0.25) is 0 Å². The normalized spacial score (nSPS) is 18.1. The van der Waals surface area contributed by atoms with E-state index in [-0.39, 0.29) is 24.5 Å². The molecule has 1 aliphatic carbocycles. The molecule has 0 spiro atoms. The molecule has 0 radical (unpaired) electrons. The summed E-state index contributed by atoms with van der Waals surface area (Å²) in [5, 5.41) is 4.08. The number of nitrogens with zero attached hydrogens (tertiary/aromatic N) is 5. The van der Waals surface area contributed by atoms with Crippen molar-refractivity contribution < 1.29 is 40.2 Å². The largest absolute Gasteiger partial charge is 0.497 e. The van der Waals surface area contributed by atoms with E-state index in [1.807, 2.05) is 0 Å². The minimum atomic E-state index is -4.81. The zero-order valence-corrected chi connectivity index (χ0v) is 24.8. The van der Waals surface area contributed by atoms with Crippen LogP contribution in [0.15, 0.2) is 66.1 Å². The average molecular weight is 636 g/mol. The molecule has 0 aliphatic heterocycles. The Morgan fingerprint density at radius 3 is 2.48 bits per heavy atom. The zero-order chi connectivity index (χ0) is 31.6. The average Bonchev–Trinajstić information content (AvgIpc) is 3.42. The molecule has 2 atom stereocenters. The first-order valence-electron chi connectivity index (χ1n) is 13.4. The van der Waals surface area contributed by atoms with Crippen molar-refractivity contribution in [3.05, 3.63) is 84.1 Å². The van der Waals surface area contributed by atoms with Gasteiger partial charge in [0.05, 0.1) is 20.8 Å². The summed E-state index contributed by atoms with van der Waals surface area (Å²) >= 11 is 0. The molecule has 4 aromatic rings. The first-order valence-corrected chi connectivity index (χ1v) is 14.9. The van der Waals surface area contributed by atoms with Gasteiger partial charge in [-0.1, -0.05) is 0 Å². The number of aryl methyl sites for hydroxylation is 1. The second-order valence-electron chi connectivity index (χ2n) is 10.2. The van der Waals surface area contributed by atoms with Crippen molar-refractivity contribution in [1.82, 2.24) is 19.7 Å². The predicted octanol–water partition coefficient (Wildman–Crippen LogP) is 5.25. The van der Waals surface area contributed by atoms with E-state index in [1.54, 1.807) is 31.3 Å². The summed E-state index contributed by atoms with van der Waals surface area (Å²) in [5.41, 5.74) is 0.968. The quantitative estimate of drug-likeness (QED) is 0.218. The number of methoxy groups -OCH3 is 2. The van der Waals surface area contributed by atoms with E-state index >= 15 is 8.78 Å². The highest BCUT2D eigenvalue weighted by Crippen LogP contribution is 2.43. The Kier molecular flexibility index (Phi) is 8.68. The highest BCUT2D eigenvalue weighted by atomic mass is 32.2. The molecule has 44 heavy (non-hydrogen) atoms. The van der Waals surface area contributed by atoms with Gasteiger partial charge in [0, 0.05) is 73.7 Å². The third kappa shape index (κ3) is 6.27. The molecule has 0 unspecified atom stereocenters. The standard InChI is InChI=1S/C29H29F4N5O5S/c1-37-23(7-11-36-37)20-6-9-29(32,33)15-26(20)43-25-13-22(31)27(14-21(25)30)44(39,40)38(28-8-10-34-17-35-28)16-18-4-5-19(41-2)12-24(18)42-3/h4-5,7-8,10-14,17,20,26H,6,9,15-16H2,1-3H3/t20-,26+/m1/s1. The van der Waals surface area contributed by atoms with Gasteiger partial charge in [0.25, 0.3) is 15.9 Å². The van der Waals surface area contributed by atoms with Crippen LogP contribution in [-0.4, -0.2) is 54.4 Å². The Hall–Kier alpha value is -4.40. The van der Waals surface area contributed by atoms with Gasteiger partial charge in [-0.3, -0.25) is 4.68 Å². The third-order valence-electron chi connectivity index (χ3n) is 7.47. The van der Waals surface area contributed by atoms with Crippen LogP contribution >= 0.6 is 0 Å². The first-order chi connectivity index (χ1) is 20.9. The van der Waals surface area contributed by atoms with Crippen LogP contribution in [0.4, 0.5) is 23.4 Å². The summed E-state index contributed by atoms with van der Waals surface area (Å²) in [4.78, 5) is 6.80. The number of hydrogen-bond acceptors (Lipinski definition) is 8. The van der Waals surface area contributed by atoms with Crippen molar-refractivity contribution in [1.29, 1.82) is 0 Å². The highest BCUT2D eigenvalue weighted by Gasteiger charge is 2.44. The molecule has 0 amide bonds. The minimum Gasteiger partial charge on any atom is -0.497 e. The summed E-state index contributed by atoms with van der Waals surface area (Å²) in [5.74, 6) is -6.34. The molecule has 234 valence electrons. The molecule has 10 nitrogen and oxygen atoms in total. The van der Waals surface area contributed by atoms with Gasteiger partial charge in [-0.25, -0.2) is 40.3 Å². The maximum atomic E-state index is 15.6. The van der Waals surface area contributed by atoms with Gasteiger partial charge in [-0.15, -0.1) is 0 Å². The molecule has 2 aromatic heterocycles. The fourth-order valence-electron chi connectivity index (χ4n) is 5.24. The van der Waals surface area contributed by atoms with Crippen molar-refractivity contribution in [3.8, 4) is 17.2 Å². The molecule has 1 aliphatic rings. The van der Waals surface area contributed by atoms with Gasteiger partial charge < -0.3 is 14.2 Å². The monoisotopic (exact) mass is 635 g/mol. The lowest BCUT2D eigenvalue weighted by atomic mass is 9.82. The lowest BCUT2D eigenvalue weighted by molar-refractivity contribution is -0.0787. The smallest absolute Gasteiger partial charge is 0.268 e. The number of hydrogen-bond donors (Lipinski definition) is 0. The van der Waals surface area contributed by atoms with E-state index in [4.69, 9.17) is 14.2 Å². The number of rotatable bonds is 10. The molecule has 0 bridgehead atoms. The molecule has 1 saturated carbocycles. The Labute approximate surface area is 251 Å².